The zero-order valence-electron chi connectivity index (χ0n) is 9.73. The lowest BCUT2D eigenvalue weighted by Gasteiger charge is -2.23. The number of carbonyl (C=O) groups excluding carboxylic acids is 1. The molecule has 0 spiro atoms. The molecule has 0 aromatic rings. The van der Waals surface area contributed by atoms with Gasteiger partial charge in [0.1, 0.15) is 0 Å². The predicted octanol–water partition coefficient (Wildman–Crippen LogP) is 2.77. The Morgan fingerprint density at radius 2 is 2.27 bits per heavy atom. The van der Waals surface area contributed by atoms with Crippen molar-refractivity contribution in [3.05, 3.63) is 24.3 Å². The van der Waals surface area contributed by atoms with E-state index in [4.69, 9.17) is 0 Å². The quantitative estimate of drug-likeness (QED) is 0.501. The summed E-state index contributed by atoms with van der Waals surface area (Å²) >= 11 is 0. The Morgan fingerprint density at radius 1 is 1.47 bits per heavy atom. The van der Waals surface area contributed by atoms with Gasteiger partial charge in [-0.25, -0.2) is 0 Å². The summed E-state index contributed by atoms with van der Waals surface area (Å²) in [5.41, 5.74) is 0. The van der Waals surface area contributed by atoms with Gasteiger partial charge in [-0.05, 0) is 25.2 Å². The van der Waals surface area contributed by atoms with E-state index in [0.717, 1.165) is 32.2 Å². The Hall–Kier alpha value is -1.05. The zero-order valence-corrected chi connectivity index (χ0v) is 9.73. The molecule has 1 saturated heterocycles. The third kappa shape index (κ3) is 3.54. The fraction of sp³-hybridized carbons (Fsp3) is 0.615. The number of hydrogen-bond acceptors (Lipinski definition) is 1. The summed E-state index contributed by atoms with van der Waals surface area (Å²) in [7, 11) is 0. The van der Waals surface area contributed by atoms with Gasteiger partial charge in [0.05, 0.1) is 0 Å². The molecule has 2 atom stereocenters. The van der Waals surface area contributed by atoms with Gasteiger partial charge < -0.3 is 4.90 Å². The van der Waals surface area contributed by atoms with Gasteiger partial charge in [0.15, 0.2) is 0 Å². The smallest absolute Gasteiger partial charge is 0.209 e. The first-order valence-electron chi connectivity index (χ1n) is 5.84. The number of likely N-dealkylation sites (tertiary alicyclic amines) is 1. The largest absolute Gasteiger partial charge is 0.342 e. The summed E-state index contributed by atoms with van der Waals surface area (Å²) < 4.78 is 0. The third-order valence-electron chi connectivity index (χ3n) is 2.98. The molecular weight excluding hydrogens is 186 g/mol. The maximum absolute atomic E-state index is 10.8. The first-order chi connectivity index (χ1) is 7.29. The predicted molar refractivity (Wildman–Crippen MR) is 63.5 cm³/mol. The summed E-state index contributed by atoms with van der Waals surface area (Å²) in [5, 5.41) is 0. The van der Waals surface area contributed by atoms with Crippen LogP contribution in [0.3, 0.4) is 0 Å². The minimum atomic E-state index is 0.411. The highest BCUT2D eigenvalue weighted by molar-refractivity contribution is 5.48. The molecule has 0 aromatic heterocycles. The van der Waals surface area contributed by atoms with E-state index in [2.05, 4.69) is 38.2 Å². The molecule has 1 aliphatic heterocycles. The van der Waals surface area contributed by atoms with Crippen molar-refractivity contribution >= 4 is 6.41 Å². The molecule has 84 valence electrons. The maximum atomic E-state index is 10.8. The van der Waals surface area contributed by atoms with E-state index < -0.39 is 0 Å². The first-order valence-corrected chi connectivity index (χ1v) is 5.84. The van der Waals surface area contributed by atoms with E-state index in [1.54, 1.807) is 0 Å². The van der Waals surface area contributed by atoms with Crippen molar-refractivity contribution < 1.29 is 4.79 Å². The number of nitrogens with zero attached hydrogens (tertiary/aromatic N) is 1. The summed E-state index contributed by atoms with van der Waals surface area (Å²) in [5.74, 6) is 0.458. The third-order valence-corrected chi connectivity index (χ3v) is 2.98. The van der Waals surface area contributed by atoms with Crippen LogP contribution in [0.2, 0.25) is 0 Å². The van der Waals surface area contributed by atoms with E-state index in [1.165, 1.54) is 0 Å². The van der Waals surface area contributed by atoms with Crippen LogP contribution < -0.4 is 0 Å². The summed E-state index contributed by atoms with van der Waals surface area (Å²) in [6.07, 6.45) is 12.8. The first kappa shape index (κ1) is 12.0. The molecule has 15 heavy (non-hydrogen) atoms. The molecule has 0 saturated carbocycles. The Labute approximate surface area is 92.7 Å². The second-order valence-electron chi connectivity index (χ2n) is 4.13. The molecule has 1 heterocycles. The minimum absolute atomic E-state index is 0.411. The van der Waals surface area contributed by atoms with Crippen molar-refractivity contribution in [1.82, 2.24) is 4.90 Å². The average Bonchev–Trinajstić information content (AvgIpc) is 2.72. The van der Waals surface area contributed by atoms with Gasteiger partial charge >= 0.3 is 0 Å². The molecule has 0 aromatic carbocycles. The topological polar surface area (TPSA) is 20.3 Å². The maximum Gasteiger partial charge on any atom is 0.209 e. The lowest BCUT2D eigenvalue weighted by molar-refractivity contribution is -0.119. The normalized spacial score (nSPS) is 24.1. The van der Waals surface area contributed by atoms with Crippen molar-refractivity contribution in [2.75, 3.05) is 6.54 Å². The second-order valence-corrected chi connectivity index (χ2v) is 4.13. The van der Waals surface area contributed by atoms with Crippen LogP contribution in [0.4, 0.5) is 0 Å². The van der Waals surface area contributed by atoms with Crippen LogP contribution in [-0.4, -0.2) is 23.9 Å². The highest BCUT2D eigenvalue weighted by Gasteiger charge is 2.26. The van der Waals surface area contributed by atoms with Crippen molar-refractivity contribution in [2.45, 2.75) is 39.2 Å². The lowest BCUT2D eigenvalue weighted by Crippen LogP contribution is -2.32. The molecule has 0 aliphatic carbocycles. The number of allylic oxidation sites excluding steroid dienone is 3. The van der Waals surface area contributed by atoms with Crippen LogP contribution in [0, 0.1) is 5.92 Å². The van der Waals surface area contributed by atoms with Gasteiger partial charge in [-0.1, -0.05) is 38.2 Å². The number of amides is 1. The molecule has 0 bridgehead atoms. The molecular formula is C13H21NO. The van der Waals surface area contributed by atoms with E-state index in [-0.39, 0.29) is 0 Å². The van der Waals surface area contributed by atoms with Gasteiger partial charge in [0, 0.05) is 12.6 Å². The zero-order chi connectivity index (χ0) is 11.1. The molecule has 2 heteroatoms. The van der Waals surface area contributed by atoms with Crippen molar-refractivity contribution in [1.29, 1.82) is 0 Å². The van der Waals surface area contributed by atoms with E-state index in [9.17, 15) is 4.79 Å². The monoisotopic (exact) mass is 207 g/mol. The second kappa shape index (κ2) is 6.44. The van der Waals surface area contributed by atoms with Crippen molar-refractivity contribution in [3.63, 3.8) is 0 Å². The SMILES string of the molecule is CC/C=C\C=C/C(C)C1CCCN1C=O. The number of carbonyl (C=O) groups is 1. The van der Waals surface area contributed by atoms with Gasteiger partial charge in [0.25, 0.3) is 0 Å². The fourth-order valence-electron chi connectivity index (χ4n) is 2.09. The van der Waals surface area contributed by atoms with Crippen LogP contribution in [-0.2, 0) is 4.79 Å². The standard InChI is InChI=1S/C13H21NO/c1-3-4-5-6-8-12(2)13-9-7-10-14(13)11-15/h4-6,8,11-13H,3,7,9-10H2,1-2H3/b5-4-,8-6-. The average molecular weight is 207 g/mol. The van der Waals surface area contributed by atoms with Crippen LogP contribution in [0.5, 0.6) is 0 Å². The van der Waals surface area contributed by atoms with E-state index >= 15 is 0 Å². The molecule has 1 amide bonds. The highest BCUT2D eigenvalue weighted by Crippen LogP contribution is 2.23. The van der Waals surface area contributed by atoms with E-state index in [1.807, 2.05) is 4.90 Å². The van der Waals surface area contributed by atoms with E-state index in [0.29, 0.717) is 12.0 Å². The number of hydrogen-bond donors (Lipinski definition) is 0. The Morgan fingerprint density at radius 3 is 2.93 bits per heavy atom. The van der Waals surface area contributed by atoms with Crippen molar-refractivity contribution in [2.24, 2.45) is 5.92 Å². The molecule has 0 radical (unpaired) electrons. The van der Waals surface area contributed by atoms with Crippen molar-refractivity contribution in [3.8, 4) is 0 Å². The Kier molecular flexibility index (Phi) is 5.16. The van der Waals surface area contributed by atoms with Gasteiger partial charge in [0.2, 0.25) is 6.41 Å². The lowest BCUT2D eigenvalue weighted by atomic mass is 9.99. The fourth-order valence-corrected chi connectivity index (χ4v) is 2.09. The summed E-state index contributed by atoms with van der Waals surface area (Å²) in [6, 6.07) is 0.411. The molecule has 2 nitrogen and oxygen atoms in total. The van der Waals surface area contributed by atoms with Crippen LogP contribution in [0.25, 0.3) is 0 Å². The van der Waals surface area contributed by atoms with Crippen LogP contribution >= 0.6 is 0 Å². The van der Waals surface area contributed by atoms with Crippen LogP contribution in [0.15, 0.2) is 24.3 Å². The summed E-state index contributed by atoms with van der Waals surface area (Å²) in [4.78, 5) is 12.7. The Balaban J connectivity index is 2.45. The molecule has 1 fully saturated rings. The molecule has 2 unspecified atom stereocenters. The van der Waals surface area contributed by atoms with Gasteiger partial charge in [-0.15, -0.1) is 0 Å². The highest BCUT2D eigenvalue weighted by atomic mass is 16.1. The molecule has 1 aliphatic rings. The molecule has 1 rings (SSSR count). The Bertz CT molecular complexity index is 245. The minimum Gasteiger partial charge on any atom is -0.342 e. The van der Waals surface area contributed by atoms with Gasteiger partial charge in [-0.2, -0.15) is 0 Å². The van der Waals surface area contributed by atoms with Crippen LogP contribution in [0.1, 0.15) is 33.1 Å². The molecule has 0 N–H and O–H groups in total. The summed E-state index contributed by atoms with van der Waals surface area (Å²) in [6.45, 7) is 5.23. The van der Waals surface area contributed by atoms with Gasteiger partial charge in [-0.3, -0.25) is 4.79 Å². The number of rotatable bonds is 5.